The lowest BCUT2D eigenvalue weighted by atomic mass is 10.2. The molecule has 2 aromatic rings. The Bertz CT molecular complexity index is 461. The Hall–Kier alpha value is -1.46. The molecule has 0 fully saturated rings. The molecule has 0 radical (unpaired) electrons. The minimum absolute atomic E-state index is 0.341. The van der Waals surface area contributed by atoms with Crippen LogP contribution in [0.25, 0.3) is 0 Å². The largest absolute Gasteiger partial charge is 0.343 e. The van der Waals surface area contributed by atoms with E-state index in [-0.39, 0.29) is 5.82 Å². The fraction of sp³-hybridized carbons (Fsp3) is 0.200. The van der Waals surface area contributed by atoms with E-state index in [1.54, 1.807) is 6.07 Å². The highest BCUT2D eigenvalue weighted by molar-refractivity contribution is 6.31. The van der Waals surface area contributed by atoms with Crippen molar-refractivity contribution in [1.29, 1.82) is 0 Å². The summed E-state index contributed by atoms with van der Waals surface area (Å²) in [5, 5.41) is 7.12. The van der Waals surface area contributed by atoms with E-state index in [0.717, 1.165) is 5.56 Å². The van der Waals surface area contributed by atoms with E-state index < -0.39 is 0 Å². The second-order valence-electron chi connectivity index (χ2n) is 3.19. The van der Waals surface area contributed by atoms with Gasteiger partial charge in [-0.25, -0.2) is 4.39 Å². The van der Waals surface area contributed by atoms with Crippen LogP contribution in [0, 0.1) is 5.82 Å². The second kappa shape index (κ2) is 5.05. The molecule has 0 amide bonds. The zero-order valence-corrected chi connectivity index (χ0v) is 9.04. The number of hydrogen-bond acceptors (Lipinski definition) is 4. The van der Waals surface area contributed by atoms with Gasteiger partial charge in [-0.3, -0.25) is 0 Å². The van der Waals surface area contributed by atoms with Crippen LogP contribution in [0.5, 0.6) is 0 Å². The zero-order chi connectivity index (χ0) is 11.4. The molecule has 0 unspecified atom stereocenters. The van der Waals surface area contributed by atoms with Gasteiger partial charge < -0.3 is 9.84 Å². The summed E-state index contributed by atoms with van der Waals surface area (Å²) in [5.74, 6) is 0.227. The van der Waals surface area contributed by atoms with Crippen LogP contribution in [0.15, 0.2) is 29.1 Å². The third kappa shape index (κ3) is 2.77. The molecule has 0 spiro atoms. The summed E-state index contributed by atoms with van der Waals surface area (Å²) in [6.07, 6.45) is 1.27. The molecule has 16 heavy (non-hydrogen) atoms. The molecule has 0 aliphatic heterocycles. The third-order valence-corrected chi connectivity index (χ3v) is 2.37. The minimum atomic E-state index is -0.341. The lowest BCUT2D eigenvalue weighted by Crippen LogP contribution is -2.14. The van der Waals surface area contributed by atoms with Crippen molar-refractivity contribution in [2.24, 2.45) is 0 Å². The van der Waals surface area contributed by atoms with Crippen LogP contribution in [0.1, 0.15) is 11.4 Å². The highest BCUT2D eigenvalue weighted by atomic mass is 35.5. The Morgan fingerprint density at radius 3 is 2.94 bits per heavy atom. The number of hydrogen-bond donors (Lipinski definition) is 1. The third-order valence-electron chi connectivity index (χ3n) is 2.02. The van der Waals surface area contributed by atoms with E-state index in [4.69, 9.17) is 11.6 Å². The molecule has 1 aromatic heterocycles. The highest BCUT2D eigenvalue weighted by Gasteiger charge is 2.02. The Morgan fingerprint density at radius 1 is 1.38 bits per heavy atom. The normalized spacial score (nSPS) is 10.6. The average Bonchev–Trinajstić information content (AvgIpc) is 2.74. The molecule has 0 saturated heterocycles. The number of aromatic nitrogens is 2. The lowest BCUT2D eigenvalue weighted by Gasteiger charge is -2.04. The fourth-order valence-corrected chi connectivity index (χ4v) is 1.48. The number of benzene rings is 1. The zero-order valence-electron chi connectivity index (χ0n) is 8.28. The van der Waals surface area contributed by atoms with Crippen LogP contribution in [-0.2, 0) is 13.1 Å². The number of nitrogens with one attached hydrogen (secondary N) is 1. The average molecular weight is 242 g/mol. The van der Waals surface area contributed by atoms with Crippen molar-refractivity contribution in [3.63, 3.8) is 0 Å². The molecule has 1 aromatic carbocycles. The first-order valence-corrected chi connectivity index (χ1v) is 5.03. The van der Waals surface area contributed by atoms with Crippen molar-refractivity contribution >= 4 is 11.6 Å². The van der Waals surface area contributed by atoms with Crippen molar-refractivity contribution in [2.45, 2.75) is 13.1 Å². The molecule has 0 aliphatic carbocycles. The fourth-order valence-electron chi connectivity index (χ4n) is 1.24. The van der Waals surface area contributed by atoms with Gasteiger partial charge in [-0.15, -0.1) is 0 Å². The second-order valence-corrected chi connectivity index (χ2v) is 3.59. The summed E-state index contributed by atoms with van der Waals surface area (Å²) in [6, 6.07) is 4.30. The van der Waals surface area contributed by atoms with Gasteiger partial charge in [0.2, 0.25) is 6.39 Å². The maximum atomic E-state index is 12.8. The number of halogens is 2. The molecule has 2 rings (SSSR count). The SMILES string of the molecule is Fc1ccc(CNCc2ncon2)c(Cl)c1. The van der Waals surface area contributed by atoms with E-state index in [1.165, 1.54) is 18.5 Å². The van der Waals surface area contributed by atoms with Gasteiger partial charge in [-0.1, -0.05) is 22.8 Å². The Morgan fingerprint density at radius 2 is 2.25 bits per heavy atom. The molecule has 0 aliphatic rings. The van der Waals surface area contributed by atoms with Crippen LogP contribution in [0.3, 0.4) is 0 Å². The van der Waals surface area contributed by atoms with E-state index in [1.807, 2.05) is 0 Å². The van der Waals surface area contributed by atoms with Crippen molar-refractivity contribution in [3.05, 3.63) is 46.8 Å². The molecule has 4 nitrogen and oxygen atoms in total. The standard InChI is InChI=1S/C10H9ClFN3O/c11-9-3-8(12)2-1-7(9)4-13-5-10-14-6-16-15-10/h1-3,6,13H,4-5H2. The van der Waals surface area contributed by atoms with Crippen molar-refractivity contribution < 1.29 is 8.91 Å². The maximum absolute atomic E-state index is 12.8. The Balaban J connectivity index is 1.90. The van der Waals surface area contributed by atoms with Crippen molar-refractivity contribution in [1.82, 2.24) is 15.5 Å². The quantitative estimate of drug-likeness (QED) is 0.891. The predicted octanol–water partition coefficient (Wildman–Crippen LogP) is 2.15. The van der Waals surface area contributed by atoms with Gasteiger partial charge in [0, 0.05) is 11.6 Å². The van der Waals surface area contributed by atoms with Crippen LogP contribution in [0.2, 0.25) is 5.02 Å². The lowest BCUT2D eigenvalue weighted by molar-refractivity contribution is 0.407. The molecule has 0 bridgehead atoms. The highest BCUT2D eigenvalue weighted by Crippen LogP contribution is 2.16. The summed E-state index contributed by atoms with van der Waals surface area (Å²) >= 11 is 5.86. The monoisotopic (exact) mass is 241 g/mol. The van der Waals surface area contributed by atoms with Crippen molar-refractivity contribution in [3.8, 4) is 0 Å². The smallest absolute Gasteiger partial charge is 0.213 e. The number of rotatable bonds is 4. The van der Waals surface area contributed by atoms with Gasteiger partial charge in [0.15, 0.2) is 5.82 Å². The molecule has 0 atom stereocenters. The molecule has 6 heteroatoms. The first kappa shape index (κ1) is 11.0. The maximum Gasteiger partial charge on any atom is 0.213 e. The van der Waals surface area contributed by atoms with E-state index in [2.05, 4.69) is 20.0 Å². The Kier molecular flexibility index (Phi) is 3.48. The van der Waals surface area contributed by atoms with Crippen LogP contribution < -0.4 is 5.32 Å². The summed E-state index contributed by atoms with van der Waals surface area (Å²) in [4.78, 5) is 3.85. The topological polar surface area (TPSA) is 51.0 Å². The first-order valence-electron chi connectivity index (χ1n) is 4.65. The molecule has 1 heterocycles. The van der Waals surface area contributed by atoms with Crippen LogP contribution in [-0.4, -0.2) is 10.1 Å². The van der Waals surface area contributed by atoms with Gasteiger partial charge in [0.25, 0.3) is 0 Å². The van der Waals surface area contributed by atoms with Gasteiger partial charge in [0.05, 0.1) is 6.54 Å². The molecule has 1 N–H and O–H groups in total. The Labute approximate surface area is 96.4 Å². The molecule has 0 saturated carbocycles. The number of nitrogens with zero attached hydrogens (tertiary/aromatic N) is 2. The van der Waals surface area contributed by atoms with Gasteiger partial charge in [0.1, 0.15) is 5.82 Å². The van der Waals surface area contributed by atoms with Gasteiger partial charge >= 0.3 is 0 Å². The summed E-state index contributed by atoms with van der Waals surface area (Å²) in [5.41, 5.74) is 0.826. The van der Waals surface area contributed by atoms with Crippen LogP contribution in [0.4, 0.5) is 4.39 Å². The van der Waals surface area contributed by atoms with E-state index >= 15 is 0 Å². The van der Waals surface area contributed by atoms with E-state index in [9.17, 15) is 4.39 Å². The van der Waals surface area contributed by atoms with Gasteiger partial charge in [-0.05, 0) is 17.7 Å². The van der Waals surface area contributed by atoms with E-state index in [0.29, 0.717) is 23.9 Å². The molecular weight excluding hydrogens is 233 g/mol. The van der Waals surface area contributed by atoms with Gasteiger partial charge in [-0.2, -0.15) is 4.98 Å². The molecular formula is C10H9ClFN3O. The first-order chi connectivity index (χ1) is 7.75. The summed E-state index contributed by atoms with van der Waals surface area (Å²) < 4.78 is 17.3. The minimum Gasteiger partial charge on any atom is -0.343 e. The van der Waals surface area contributed by atoms with Crippen LogP contribution >= 0.6 is 11.6 Å². The van der Waals surface area contributed by atoms with Crippen molar-refractivity contribution in [2.75, 3.05) is 0 Å². The summed E-state index contributed by atoms with van der Waals surface area (Å²) in [6.45, 7) is 0.998. The summed E-state index contributed by atoms with van der Waals surface area (Å²) in [7, 11) is 0. The predicted molar refractivity (Wildman–Crippen MR) is 56.3 cm³/mol. The molecule has 84 valence electrons.